The molecule has 0 aromatic carbocycles. The van der Waals surface area contributed by atoms with Crippen LogP contribution in [-0.2, 0) is 4.74 Å². The minimum Gasteiger partial charge on any atom is -0.384 e. The van der Waals surface area contributed by atoms with Crippen molar-refractivity contribution >= 4 is 11.6 Å². The zero-order chi connectivity index (χ0) is 10.3. The summed E-state index contributed by atoms with van der Waals surface area (Å²) < 4.78 is 5.78. The third-order valence-electron chi connectivity index (χ3n) is 3.12. The summed E-state index contributed by atoms with van der Waals surface area (Å²) in [5, 5.41) is 0. The molecule has 2 atom stereocenters. The van der Waals surface area contributed by atoms with Gasteiger partial charge in [0.15, 0.2) is 0 Å². The Morgan fingerprint density at radius 1 is 1.27 bits per heavy atom. The van der Waals surface area contributed by atoms with Crippen molar-refractivity contribution in [2.75, 3.05) is 23.7 Å². The van der Waals surface area contributed by atoms with Gasteiger partial charge >= 0.3 is 0 Å². The van der Waals surface area contributed by atoms with E-state index < -0.39 is 0 Å². The second kappa shape index (κ2) is 3.38. The van der Waals surface area contributed by atoms with Crippen LogP contribution in [0.3, 0.4) is 0 Å². The van der Waals surface area contributed by atoms with E-state index in [4.69, 9.17) is 10.5 Å². The monoisotopic (exact) mass is 205 g/mol. The number of fused-ring (bicyclic) bond motifs is 2. The molecule has 2 N–H and O–H groups in total. The Labute approximate surface area is 89.0 Å². The van der Waals surface area contributed by atoms with E-state index in [0.717, 1.165) is 18.9 Å². The van der Waals surface area contributed by atoms with Crippen molar-refractivity contribution in [3.63, 3.8) is 0 Å². The summed E-state index contributed by atoms with van der Waals surface area (Å²) in [5.41, 5.74) is 5.68. The zero-order valence-electron chi connectivity index (χ0n) is 8.60. The van der Waals surface area contributed by atoms with Crippen LogP contribution in [0.25, 0.3) is 0 Å². The molecule has 15 heavy (non-hydrogen) atoms. The first-order valence-corrected chi connectivity index (χ1v) is 5.44. The Balaban J connectivity index is 1.83. The van der Waals surface area contributed by atoms with E-state index >= 15 is 0 Å². The summed E-state index contributed by atoms with van der Waals surface area (Å²) in [4.78, 5) is 6.62. The molecule has 4 nitrogen and oxygen atoms in total. The summed E-state index contributed by atoms with van der Waals surface area (Å²) in [6.45, 7) is 1.90. The average Bonchev–Trinajstić information content (AvgIpc) is 2.58. The number of hydrogen-bond donors (Lipinski definition) is 1. The van der Waals surface area contributed by atoms with Crippen LogP contribution in [0.15, 0.2) is 18.2 Å². The van der Waals surface area contributed by atoms with Crippen molar-refractivity contribution in [2.45, 2.75) is 25.0 Å². The van der Waals surface area contributed by atoms with Crippen LogP contribution in [0.5, 0.6) is 0 Å². The lowest BCUT2D eigenvalue weighted by atomic mass is 10.2. The van der Waals surface area contributed by atoms with Gasteiger partial charge in [0.05, 0.1) is 12.2 Å². The maximum absolute atomic E-state index is 5.78. The number of nitrogen functional groups attached to an aromatic ring is 1. The first-order valence-electron chi connectivity index (χ1n) is 5.44. The van der Waals surface area contributed by atoms with Crippen LogP contribution in [0.4, 0.5) is 11.6 Å². The SMILES string of the molecule is Nc1cccc(N2CC3CCC(C2)O3)n1. The van der Waals surface area contributed by atoms with Gasteiger partial charge in [-0.2, -0.15) is 0 Å². The highest BCUT2D eigenvalue weighted by Gasteiger charge is 2.34. The second-order valence-electron chi connectivity index (χ2n) is 4.28. The number of aromatic nitrogens is 1. The lowest BCUT2D eigenvalue weighted by Gasteiger charge is -2.32. The van der Waals surface area contributed by atoms with Crippen LogP contribution in [-0.4, -0.2) is 30.3 Å². The van der Waals surface area contributed by atoms with E-state index in [0.29, 0.717) is 18.0 Å². The van der Waals surface area contributed by atoms with Crippen LogP contribution in [0, 0.1) is 0 Å². The molecular formula is C11H15N3O. The van der Waals surface area contributed by atoms with Crippen LogP contribution in [0.1, 0.15) is 12.8 Å². The molecule has 0 saturated carbocycles. The van der Waals surface area contributed by atoms with E-state index in [1.165, 1.54) is 12.8 Å². The van der Waals surface area contributed by atoms with Crippen molar-refractivity contribution in [3.8, 4) is 0 Å². The highest BCUT2D eigenvalue weighted by molar-refractivity contribution is 5.45. The smallest absolute Gasteiger partial charge is 0.131 e. The molecule has 2 saturated heterocycles. The van der Waals surface area contributed by atoms with E-state index in [9.17, 15) is 0 Å². The number of anilines is 2. The molecule has 2 bridgehead atoms. The number of morpholine rings is 1. The number of nitrogens with two attached hydrogens (primary N) is 1. The number of ether oxygens (including phenoxy) is 1. The predicted molar refractivity (Wildman–Crippen MR) is 58.8 cm³/mol. The van der Waals surface area contributed by atoms with Crippen molar-refractivity contribution in [2.24, 2.45) is 0 Å². The van der Waals surface area contributed by atoms with Crippen molar-refractivity contribution in [1.29, 1.82) is 0 Å². The third kappa shape index (κ3) is 1.65. The fourth-order valence-corrected chi connectivity index (χ4v) is 2.42. The van der Waals surface area contributed by atoms with Crippen LogP contribution < -0.4 is 10.6 Å². The van der Waals surface area contributed by atoms with E-state index in [2.05, 4.69) is 9.88 Å². The molecule has 1 aromatic rings. The molecule has 0 aliphatic carbocycles. The Bertz CT molecular complexity index is 357. The van der Waals surface area contributed by atoms with Crippen LogP contribution in [0.2, 0.25) is 0 Å². The highest BCUT2D eigenvalue weighted by Crippen LogP contribution is 2.28. The molecule has 2 fully saturated rings. The largest absolute Gasteiger partial charge is 0.384 e. The van der Waals surface area contributed by atoms with Gasteiger partial charge in [-0.15, -0.1) is 0 Å². The molecule has 1 aromatic heterocycles. The number of hydrogen-bond acceptors (Lipinski definition) is 4. The quantitative estimate of drug-likeness (QED) is 0.744. The summed E-state index contributed by atoms with van der Waals surface area (Å²) in [5.74, 6) is 1.57. The fourth-order valence-electron chi connectivity index (χ4n) is 2.42. The van der Waals surface area contributed by atoms with Crippen molar-refractivity contribution in [3.05, 3.63) is 18.2 Å². The second-order valence-corrected chi connectivity index (χ2v) is 4.28. The lowest BCUT2D eigenvalue weighted by molar-refractivity contribution is 0.0302. The maximum atomic E-state index is 5.78. The van der Waals surface area contributed by atoms with Gasteiger partial charge in [0.1, 0.15) is 11.6 Å². The van der Waals surface area contributed by atoms with Gasteiger partial charge in [0.25, 0.3) is 0 Å². The molecule has 4 heteroatoms. The molecule has 2 aliphatic heterocycles. The van der Waals surface area contributed by atoms with Gasteiger partial charge in [-0.25, -0.2) is 4.98 Å². The Kier molecular flexibility index (Phi) is 2.02. The summed E-state index contributed by atoms with van der Waals surface area (Å²) in [6, 6.07) is 5.79. The van der Waals surface area contributed by atoms with Gasteiger partial charge in [0, 0.05) is 13.1 Å². The van der Waals surface area contributed by atoms with Gasteiger partial charge in [-0.1, -0.05) is 6.07 Å². The van der Waals surface area contributed by atoms with Gasteiger partial charge in [0.2, 0.25) is 0 Å². The van der Waals surface area contributed by atoms with Gasteiger partial charge in [-0.05, 0) is 25.0 Å². The summed E-state index contributed by atoms with van der Waals surface area (Å²) in [7, 11) is 0. The normalized spacial score (nSPS) is 29.5. The van der Waals surface area contributed by atoms with E-state index in [-0.39, 0.29) is 0 Å². The molecule has 2 unspecified atom stereocenters. The Morgan fingerprint density at radius 2 is 2.00 bits per heavy atom. The molecule has 0 radical (unpaired) electrons. The molecular weight excluding hydrogens is 190 g/mol. The minimum atomic E-state index is 0.395. The first-order chi connectivity index (χ1) is 7.31. The third-order valence-corrected chi connectivity index (χ3v) is 3.12. The number of nitrogens with zero attached hydrogens (tertiary/aromatic N) is 2. The van der Waals surface area contributed by atoms with Gasteiger partial charge in [-0.3, -0.25) is 0 Å². The first kappa shape index (κ1) is 8.97. The minimum absolute atomic E-state index is 0.395. The molecule has 0 amide bonds. The number of pyridine rings is 1. The Hall–Kier alpha value is -1.29. The van der Waals surface area contributed by atoms with Crippen molar-refractivity contribution in [1.82, 2.24) is 4.98 Å². The average molecular weight is 205 g/mol. The van der Waals surface area contributed by atoms with Crippen LogP contribution >= 0.6 is 0 Å². The van der Waals surface area contributed by atoms with Gasteiger partial charge < -0.3 is 15.4 Å². The van der Waals surface area contributed by atoms with E-state index in [1.807, 2.05) is 18.2 Å². The fraction of sp³-hybridized carbons (Fsp3) is 0.545. The molecule has 2 aliphatic rings. The lowest BCUT2D eigenvalue weighted by Crippen LogP contribution is -2.43. The highest BCUT2D eigenvalue weighted by atomic mass is 16.5. The molecule has 3 rings (SSSR count). The summed E-state index contributed by atoms with van der Waals surface area (Å²) in [6.07, 6.45) is 3.16. The molecule has 0 spiro atoms. The predicted octanol–water partition coefficient (Wildman–Crippen LogP) is 1.03. The van der Waals surface area contributed by atoms with Crippen molar-refractivity contribution < 1.29 is 4.74 Å². The van der Waals surface area contributed by atoms with E-state index in [1.54, 1.807) is 0 Å². The Morgan fingerprint density at radius 3 is 2.67 bits per heavy atom. The number of rotatable bonds is 1. The molecule has 80 valence electrons. The standard InChI is InChI=1S/C11H15N3O/c12-10-2-1-3-11(13-10)14-6-8-4-5-9(7-14)15-8/h1-3,8-9H,4-7H2,(H2,12,13). The zero-order valence-corrected chi connectivity index (χ0v) is 8.60. The topological polar surface area (TPSA) is 51.4 Å². The summed E-state index contributed by atoms with van der Waals surface area (Å²) >= 11 is 0. The molecule has 3 heterocycles. The maximum Gasteiger partial charge on any atom is 0.131 e.